The van der Waals surface area contributed by atoms with Crippen LogP contribution in [0.25, 0.3) is 0 Å². The molecule has 3 nitrogen and oxygen atoms in total. The third-order valence-electron chi connectivity index (χ3n) is 2.85. The van der Waals surface area contributed by atoms with E-state index >= 15 is 0 Å². The number of carbonyl (C=O) groups excluding carboxylic acids is 1. The zero-order chi connectivity index (χ0) is 10.2. The Morgan fingerprint density at radius 1 is 1.38 bits per heavy atom. The van der Waals surface area contributed by atoms with Crippen LogP contribution in [0.4, 0.5) is 0 Å². The van der Waals surface area contributed by atoms with Crippen molar-refractivity contribution in [2.75, 3.05) is 0 Å². The second-order valence-corrected chi connectivity index (χ2v) is 4.28. The monoisotopic (exact) mass is 186 g/mol. The molecule has 0 amide bonds. The van der Waals surface area contributed by atoms with Crippen molar-refractivity contribution >= 4 is 5.97 Å². The SMILES string of the molecule is CC(C)[C@H]1OC(=O)[C@H](C)[C@H](O)[C@@H]1C. The maximum absolute atomic E-state index is 11.3. The molecule has 1 rings (SSSR count). The number of rotatable bonds is 1. The van der Waals surface area contributed by atoms with Crippen LogP contribution in [0.15, 0.2) is 0 Å². The van der Waals surface area contributed by atoms with Crippen LogP contribution in [-0.4, -0.2) is 23.3 Å². The average Bonchev–Trinajstić information content (AvgIpc) is 2.07. The highest BCUT2D eigenvalue weighted by atomic mass is 16.5. The van der Waals surface area contributed by atoms with Gasteiger partial charge in [-0.3, -0.25) is 4.79 Å². The highest BCUT2D eigenvalue weighted by Crippen LogP contribution is 2.30. The molecule has 0 aromatic rings. The van der Waals surface area contributed by atoms with E-state index in [2.05, 4.69) is 0 Å². The molecule has 1 aliphatic heterocycles. The lowest BCUT2D eigenvalue weighted by molar-refractivity contribution is -0.181. The van der Waals surface area contributed by atoms with Gasteiger partial charge in [-0.2, -0.15) is 0 Å². The average molecular weight is 186 g/mol. The summed E-state index contributed by atoms with van der Waals surface area (Å²) in [6.07, 6.45) is -0.702. The molecule has 4 atom stereocenters. The number of ether oxygens (including phenoxy) is 1. The van der Waals surface area contributed by atoms with Gasteiger partial charge in [0.1, 0.15) is 6.10 Å². The fraction of sp³-hybridized carbons (Fsp3) is 0.900. The minimum atomic E-state index is -0.561. The van der Waals surface area contributed by atoms with E-state index in [1.54, 1.807) is 6.92 Å². The third kappa shape index (κ3) is 1.85. The highest BCUT2D eigenvalue weighted by molar-refractivity contribution is 5.73. The third-order valence-corrected chi connectivity index (χ3v) is 2.85. The lowest BCUT2D eigenvalue weighted by atomic mass is 9.82. The van der Waals surface area contributed by atoms with E-state index in [0.717, 1.165) is 0 Å². The summed E-state index contributed by atoms with van der Waals surface area (Å²) in [4.78, 5) is 11.3. The standard InChI is InChI=1S/C10H18O3/c1-5(2)9-6(3)8(11)7(4)10(12)13-9/h5-9,11H,1-4H3/t6-,7+,8+,9+/m0/s1. The summed E-state index contributed by atoms with van der Waals surface area (Å²) in [5.74, 6) is -0.358. The summed E-state index contributed by atoms with van der Waals surface area (Å²) in [7, 11) is 0. The zero-order valence-corrected chi connectivity index (χ0v) is 8.65. The van der Waals surface area contributed by atoms with Gasteiger partial charge in [0.05, 0.1) is 12.0 Å². The van der Waals surface area contributed by atoms with Crippen LogP contribution in [0.3, 0.4) is 0 Å². The van der Waals surface area contributed by atoms with Crippen LogP contribution >= 0.6 is 0 Å². The van der Waals surface area contributed by atoms with Gasteiger partial charge in [-0.1, -0.05) is 20.8 Å². The Hall–Kier alpha value is -0.570. The molecule has 0 spiro atoms. The first-order valence-electron chi connectivity index (χ1n) is 4.83. The van der Waals surface area contributed by atoms with Crippen molar-refractivity contribution in [2.24, 2.45) is 17.8 Å². The van der Waals surface area contributed by atoms with E-state index in [-0.39, 0.29) is 29.8 Å². The molecular weight excluding hydrogens is 168 g/mol. The quantitative estimate of drug-likeness (QED) is 0.626. The number of cyclic esters (lactones) is 1. The molecular formula is C10H18O3. The number of aliphatic hydroxyl groups excluding tert-OH is 1. The molecule has 1 fully saturated rings. The molecule has 0 saturated carbocycles. The summed E-state index contributed by atoms with van der Waals surface area (Å²) in [5.41, 5.74) is 0. The van der Waals surface area contributed by atoms with Crippen molar-refractivity contribution in [1.82, 2.24) is 0 Å². The van der Waals surface area contributed by atoms with E-state index in [9.17, 15) is 9.90 Å². The van der Waals surface area contributed by atoms with Crippen molar-refractivity contribution < 1.29 is 14.6 Å². The van der Waals surface area contributed by atoms with Crippen LogP contribution in [0.5, 0.6) is 0 Å². The van der Waals surface area contributed by atoms with Crippen molar-refractivity contribution in [3.63, 3.8) is 0 Å². The van der Waals surface area contributed by atoms with Crippen molar-refractivity contribution in [3.8, 4) is 0 Å². The van der Waals surface area contributed by atoms with Gasteiger partial charge < -0.3 is 9.84 Å². The second kappa shape index (κ2) is 3.66. The van der Waals surface area contributed by atoms with Crippen LogP contribution in [0.2, 0.25) is 0 Å². The highest BCUT2D eigenvalue weighted by Gasteiger charge is 2.41. The van der Waals surface area contributed by atoms with Gasteiger partial charge >= 0.3 is 5.97 Å². The lowest BCUT2D eigenvalue weighted by Crippen LogP contribution is -2.48. The number of hydrogen-bond donors (Lipinski definition) is 1. The van der Waals surface area contributed by atoms with Crippen LogP contribution in [0.1, 0.15) is 27.7 Å². The normalized spacial score (nSPS) is 40.6. The van der Waals surface area contributed by atoms with Gasteiger partial charge in [-0.05, 0) is 12.8 Å². The number of esters is 1. The predicted octanol–water partition coefficient (Wildman–Crippen LogP) is 1.20. The Balaban J connectivity index is 2.76. The van der Waals surface area contributed by atoms with E-state index < -0.39 is 6.10 Å². The lowest BCUT2D eigenvalue weighted by Gasteiger charge is -2.38. The van der Waals surface area contributed by atoms with Gasteiger partial charge in [0.15, 0.2) is 0 Å². The van der Waals surface area contributed by atoms with Gasteiger partial charge in [-0.25, -0.2) is 0 Å². The van der Waals surface area contributed by atoms with Crippen LogP contribution in [-0.2, 0) is 9.53 Å². The molecule has 1 heterocycles. The molecule has 13 heavy (non-hydrogen) atoms. The molecule has 1 aliphatic rings. The van der Waals surface area contributed by atoms with Gasteiger partial charge in [-0.15, -0.1) is 0 Å². The number of carbonyl (C=O) groups is 1. The smallest absolute Gasteiger partial charge is 0.311 e. The van der Waals surface area contributed by atoms with Gasteiger partial charge in [0.2, 0.25) is 0 Å². The molecule has 0 aromatic heterocycles. The topological polar surface area (TPSA) is 46.5 Å². The van der Waals surface area contributed by atoms with E-state index in [0.29, 0.717) is 0 Å². The molecule has 0 unspecified atom stereocenters. The first-order valence-corrected chi connectivity index (χ1v) is 4.83. The number of aliphatic hydroxyl groups is 1. The Labute approximate surface area is 79.1 Å². The molecule has 0 aromatic carbocycles. The largest absolute Gasteiger partial charge is 0.461 e. The minimum Gasteiger partial charge on any atom is -0.461 e. The Morgan fingerprint density at radius 3 is 2.38 bits per heavy atom. The van der Waals surface area contributed by atoms with E-state index in [4.69, 9.17) is 4.74 Å². The van der Waals surface area contributed by atoms with Gasteiger partial charge in [0, 0.05) is 5.92 Å². The summed E-state index contributed by atoms with van der Waals surface area (Å²) in [5, 5.41) is 9.74. The second-order valence-electron chi connectivity index (χ2n) is 4.28. The van der Waals surface area contributed by atoms with E-state index in [1.807, 2.05) is 20.8 Å². The van der Waals surface area contributed by atoms with Crippen molar-refractivity contribution in [1.29, 1.82) is 0 Å². The maximum Gasteiger partial charge on any atom is 0.311 e. The summed E-state index contributed by atoms with van der Waals surface area (Å²) in [6.45, 7) is 7.63. The molecule has 0 radical (unpaired) electrons. The molecule has 3 heteroatoms. The summed E-state index contributed by atoms with van der Waals surface area (Å²) in [6, 6.07) is 0. The maximum atomic E-state index is 11.3. The van der Waals surface area contributed by atoms with Gasteiger partial charge in [0.25, 0.3) is 0 Å². The zero-order valence-electron chi connectivity index (χ0n) is 8.65. The first kappa shape index (κ1) is 10.5. The Bertz CT molecular complexity index is 200. The fourth-order valence-electron chi connectivity index (χ4n) is 1.88. The minimum absolute atomic E-state index is 0.0349. The van der Waals surface area contributed by atoms with Crippen molar-refractivity contribution in [3.05, 3.63) is 0 Å². The summed E-state index contributed by atoms with van der Waals surface area (Å²) < 4.78 is 5.24. The Morgan fingerprint density at radius 2 is 1.92 bits per heavy atom. The first-order chi connectivity index (χ1) is 5.95. The Kier molecular flexibility index (Phi) is 2.96. The predicted molar refractivity (Wildman–Crippen MR) is 49.1 cm³/mol. The summed E-state index contributed by atoms with van der Waals surface area (Å²) >= 11 is 0. The number of hydrogen-bond acceptors (Lipinski definition) is 3. The van der Waals surface area contributed by atoms with E-state index in [1.165, 1.54) is 0 Å². The molecule has 1 saturated heterocycles. The molecule has 0 aliphatic carbocycles. The molecule has 1 N–H and O–H groups in total. The molecule has 0 bridgehead atoms. The van der Waals surface area contributed by atoms with Crippen LogP contribution < -0.4 is 0 Å². The fourth-order valence-corrected chi connectivity index (χ4v) is 1.88. The van der Waals surface area contributed by atoms with Crippen molar-refractivity contribution in [2.45, 2.75) is 39.9 Å². The van der Waals surface area contributed by atoms with Crippen LogP contribution in [0, 0.1) is 17.8 Å². The molecule has 76 valence electrons.